The third kappa shape index (κ3) is 2.70. The average Bonchev–Trinajstić information content (AvgIpc) is 2.53. The summed E-state index contributed by atoms with van der Waals surface area (Å²) in [6.45, 7) is 6.25. The van der Waals surface area contributed by atoms with Gasteiger partial charge in [-0.05, 0) is 42.5 Å². The highest BCUT2D eigenvalue weighted by molar-refractivity contribution is 7.94. The lowest BCUT2D eigenvalue weighted by atomic mass is 9.63. The number of hydrogen-bond acceptors (Lipinski definition) is 2. The fourth-order valence-corrected chi connectivity index (χ4v) is 4.12. The lowest BCUT2D eigenvalue weighted by Gasteiger charge is -2.50. The molecule has 2 nitrogen and oxygen atoms in total. The molecule has 1 fully saturated rings. The largest absolute Gasteiger partial charge is 0.342 e. The van der Waals surface area contributed by atoms with E-state index in [1.807, 2.05) is 37.9 Å². The van der Waals surface area contributed by atoms with Crippen LogP contribution in [0.3, 0.4) is 0 Å². The number of benzene rings is 1. The molecule has 1 aliphatic heterocycles. The quantitative estimate of drug-likeness (QED) is 0.760. The smallest absolute Gasteiger partial charge is 0.222 e. The number of piperidine rings is 1. The highest BCUT2D eigenvalue weighted by Gasteiger charge is 2.46. The molecular weight excluding hydrogens is 285 g/mol. The highest BCUT2D eigenvalue weighted by Crippen LogP contribution is 2.46. The summed E-state index contributed by atoms with van der Waals surface area (Å²) in [5.41, 5.74) is 2.58. The van der Waals surface area contributed by atoms with Crippen molar-refractivity contribution < 1.29 is 8.68 Å². The summed E-state index contributed by atoms with van der Waals surface area (Å²) >= 11 is 0.306. The minimum Gasteiger partial charge on any atom is -0.342 e. The third-order valence-electron chi connectivity index (χ3n) is 4.92. The highest BCUT2D eigenvalue weighted by atomic mass is 32.2. The molecule has 0 saturated carbocycles. The number of fused-ring (bicyclic) bond motifs is 3. The first-order valence-electron chi connectivity index (χ1n) is 7.74. The number of amides is 1. The van der Waals surface area contributed by atoms with Crippen molar-refractivity contribution in [3.05, 3.63) is 29.3 Å². The van der Waals surface area contributed by atoms with E-state index >= 15 is 0 Å². The van der Waals surface area contributed by atoms with Crippen LogP contribution in [-0.4, -0.2) is 23.9 Å². The first-order valence-corrected chi connectivity index (χ1v) is 8.45. The Hall–Kier alpha value is -1.03. The van der Waals surface area contributed by atoms with E-state index in [0.717, 1.165) is 19.3 Å². The van der Waals surface area contributed by atoms with Crippen molar-refractivity contribution in [3.63, 3.8) is 0 Å². The molecule has 2 unspecified atom stereocenters. The van der Waals surface area contributed by atoms with Gasteiger partial charge in [-0.25, -0.2) is 0 Å². The number of likely N-dealkylation sites (tertiary alicyclic amines) is 1. The monoisotopic (exact) mass is 309 g/mol. The predicted octanol–water partition coefficient (Wildman–Crippen LogP) is 4.51. The average molecular weight is 309 g/mol. The number of hydrogen-bond donors (Lipinski definition) is 0. The summed E-state index contributed by atoms with van der Waals surface area (Å²) in [6, 6.07) is 6.17. The summed E-state index contributed by atoms with van der Waals surface area (Å²) in [5, 5.41) is 0. The summed E-state index contributed by atoms with van der Waals surface area (Å²) in [6.07, 6.45) is 3.42. The van der Waals surface area contributed by atoms with Crippen molar-refractivity contribution in [1.82, 2.24) is 4.90 Å². The lowest BCUT2D eigenvalue weighted by molar-refractivity contribution is -0.138. The van der Waals surface area contributed by atoms with Crippen LogP contribution >= 0.6 is 12.1 Å². The van der Waals surface area contributed by atoms with Crippen LogP contribution in [0, 0.1) is 0 Å². The number of carbonyl (C=O) groups excluding carboxylic acids is 1. The Morgan fingerprint density at radius 3 is 2.71 bits per heavy atom. The van der Waals surface area contributed by atoms with E-state index in [-0.39, 0.29) is 17.4 Å². The Morgan fingerprint density at radius 2 is 2.05 bits per heavy atom. The van der Waals surface area contributed by atoms with Gasteiger partial charge >= 0.3 is 0 Å². The molecule has 1 aromatic rings. The summed E-state index contributed by atoms with van der Waals surface area (Å²) in [4.78, 5) is 14.5. The number of halogens is 1. The van der Waals surface area contributed by atoms with Gasteiger partial charge in [-0.2, -0.15) is 3.89 Å². The lowest BCUT2D eigenvalue weighted by Crippen LogP contribution is -2.56. The number of rotatable bonds is 1. The zero-order valence-corrected chi connectivity index (χ0v) is 14.1. The second-order valence-corrected chi connectivity index (χ2v) is 6.50. The van der Waals surface area contributed by atoms with Crippen LogP contribution in [0.2, 0.25) is 0 Å². The van der Waals surface area contributed by atoms with Crippen molar-refractivity contribution in [3.8, 4) is 0 Å². The molecule has 4 heteroatoms. The molecule has 21 heavy (non-hydrogen) atoms. The summed E-state index contributed by atoms with van der Waals surface area (Å²) < 4.78 is 12.7. The molecular formula is C17H24FNOS. The molecule has 2 atom stereocenters. The van der Waals surface area contributed by atoms with Gasteiger partial charge in [0, 0.05) is 29.8 Å². The van der Waals surface area contributed by atoms with E-state index in [4.69, 9.17) is 0 Å². The molecule has 0 aromatic heterocycles. The van der Waals surface area contributed by atoms with Gasteiger partial charge in [0.2, 0.25) is 5.91 Å². The van der Waals surface area contributed by atoms with Gasteiger partial charge in [0.25, 0.3) is 0 Å². The maximum Gasteiger partial charge on any atom is 0.222 e. The van der Waals surface area contributed by atoms with Crippen LogP contribution in [0.25, 0.3) is 0 Å². The number of nitrogens with zero attached hydrogens (tertiary/aromatic N) is 1. The predicted molar refractivity (Wildman–Crippen MR) is 86.2 cm³/mol. The second kappa shape index (κ2) is 6.39. The first kappa shape index (κ1) is 16.3. The van der Waals surface area contributed by atoms with Crippen LogP contribution in [0.5, 0.6) is 0 Å². The Labute approximate surface area is 131 Å². The molecule has 0 radical (unpaired) electrons. The Bertz CT molecular complexity index is 534. The van der Waals surface area contributed by atoms with E-state index < -0.39 is 0 Å². The minimum atomic E-state index is 0.0236. The summed E-state index contributed by atoms with van der Waals surface area (Å²) in [5.74, 6) is 0.252. The maximum atomic E-state index is 12.7. The van der Waals surface area contributed by atoms with E-state index in [0.29, 0.717) is 23.5 Å². The fraction of sp³-hybridized carbons (Fsp3) is 0.588. The van der Waals surface area contributed by atoms with Crippen molar-refractivity contribution in [2.24, 2.45) is 0 Å². The van der Waals surface area contributed by atoms with Gasteiger partial charge < -0.3 is 4.90 Å². The van der Waals surface area contributed by atoms with Crippen LogP contribution in [0.1, 0.15) is 51.2 Å². The normalized spacial score (nSPS) is 27.4. The molecule has 1 saturated heterocycles. The number of carbonyl (C=O) groups is 1. The summed E-state index contributed by atoms with van der Waals surface area (Å²) in [7, 11) is 1.92. The van der Waals surface area contributed by atoms with Gasteiger partial charge in [0.1, 0.15) is 0 Å². The SMILES string of the molecule is CC.CN1C(=O)CCC2(C)c3ccc(SF)cc3CCC12. The molecule has 3 rings (SSSR count). The fourth-order valence-electron chi connectivity index (χ4n) is 3.81. The topological polar surface area (TPSA) is 20.3 Å². The van der Waals surface area contributed by atoms with Crippen molar-refractivity contribution in [2.75, 3.05) is 7.05 Å². The third-order valence-corrected chi connectivity index (χ3v) is 5.35. The Morgan fingerprint density at radius 1 is 1.33 bits per heavy atom. The van der Waals surface area contributed by atoms with Crippen molar-refractivity contribution in [2.45, 2.75) is 62.8 Å². The van der Waals surface area contributed by atoms with Crippen molar-refractivity contribution in [1.29, 1.82) is 0 Å². The van der Waals surface area contributed by atoms with Crippen LogP contribution in [0.4, 0.5) is 3.89 Å². The molecule has 1 amide bonds. The van der Waals surface area contributed by atoms with Gasteiger partial charge in [-0.3, -0.25) is 4.79 Å². The zero-order chi connectivity index (χ0) is 15.6. The van der Waals surface area contributed by atoms with Crippen LogP contribution in [-0.2, 0) is 16.6 Å². The molecule has 0 spiro atoms. The Kier molecular flexibility index (Phi) is 4.97. The standard InChI is InChI=1S/C15H18FNOS.C2H6/c1-15-8-7-14(18)17(2)13(15)6-3-10-9-11(19-16)4-5-12(10)15;1-2/h4-5,9,13H,3,6-8H2,1-2H3;1-2H3. The van der Waals surface area contributed by atoms with Gasteiger partial charge in [-0.1, -0.05) is 26.8 Å². The van der Waals surface area contributed by atoms with Gasteiger partial charge in [-0.15, -0.1) is 0 Å². The molecule has 0 bridgehead atoms. The van der Waals surface area contributed by atoms with Gasteiger partial charge in [0.05, 0.1) is 12.1 Å². The molecule has 2 aliphatic rings. The molecule has 0 N–H and O–H groups in total. The molecule has 1 aliphatic carbocycles. The van der Waals surface area contributed by atoms with Crippen LogP contribution in [0.15, 0.2) is 23.1 Å². The van der Waals surface area contributed by atoms with E-state index in [2.05, 4.69) is 13.0 Å². The number of likely N-dealkylation sites (N-methyl/N-ethyl adjacent to an activating group) is 1. The van der Waals surface area contributed by atoms with E-state index in [1.165, 1.54) is 11.1 Å². The van der Waals surface area contributed by atoms with Gasteiger partial charge in [0.15, 0.2) is 0 Å². The van der Waals surface area contributed by atoms with Crippen molar-refractivity contribution >= 4 is 18.1 Å². The molecule has 116 valence electrons. The first-order chi connectivity index (χ1) is 10.1. The van der Waals surface area contributed by atoms with E-state index in [1.54, 1.807) is 0 Å². The molecule has 1 aromatic carbocycles. The zero-order valence-electron chi connectivity index (χ0n) is 13.3. The second-order valence-electron chi connectivity index (χ2n) is 5.87. The van der Waals surface area contributed by atoms with Crippen LogP contribution < -0.4 is 0 Å². The Balaban J connectivity index is 0.000000774. The minimum absolute atomic E-state index is 0.0236. The molecule has 1 heterocycles. The number of aryl methyl sites for hydroxylation is 1. The van der Waals surface area contributed by atoms with E-state index in [9.17, 15) is 8.68 Å². The maximum absolute atomic E-state index is 12.7.